The monoisotopic (exact) mass is 270 g/mol. The van der Waals surface area contributed by atoms with Crippen molar-refractivity contribution in [1.82, 2.24) is 10.0 Å². The third kappa shape index (κ3) is 6.68. The van der Waals surface area contributed by atoms with E-state index in [4.69, 9.17) is 0 Å². The van der Waals surface area contributed by atoms with Crippen LogP contribution in [0.3, 0.4) is 0 Å². The molecule has 0 heterocycles. The van der Waals surface area contributed by atoms with Gasteiger partial charge in [-0.2, -0.15) is 0 Å². The third-order valence-corrected chi connectivity index (χ3v) is 4.25. The molecule has 1 saturated carbocycles. The Balaban J connectivity index is 0.00000225. The molecule has 0 radical (unpaired) electrons. The van der Waals surface area contributed by atoms with Crippen molar-refractivity contribution < 1.29 is 8.42 Å². The Labute approximate surface area is 105 Å². The number of halogens is 1. The first-order valence-corrected chi connectivity index (χ1v) is 7.50. The van der Waals surface area contributed by atoms with E-state index in [1.54, 1.807) is 6.92 Å². The Hall–Kier alpha value is 0.160. The van der Waals surface area contributed by atoms with E-state index in [0.717, 1.165) is 13.0 Å². The molecule has 1 rings (SSSR count). The van der Waals surface area contributed by atoms with Crippen LogP contribution in [0.4, 0.5) is 0 Å². The maximum absolute atomic E-state index is 11.1. The lowest BCUT2D eigenvalue weighted by Crippen LogP contribution is -2.31. The highest BCUT2D eigenvalue weighted by Crippen LogP contribution is 2.17. The number of nitrogens with one attached hydrogen (secondary N) is 2. The summed E-state index contributed by atoms with van der Waals surface area (Å²) in [5.74, 6) is 0.170. The van der Waals surface area contributed by atoms with Crippen molar-refractivity contribution >= 4 is 22.4 Å². The van der Waals surface area contributed by atoms with Crippen LogP contribution in [0.1, 0.15) is 39.0 Å². The summed E-state index contributed by atoms with van der Waals surface area (Å²) in [6.45, 7) is 3.12. The second-order valence-electron chi connectivity index (χ2n) is 4.09. The minimum atomic E-state index is -3.00. The van der Waals surface area contributed by atoms with E-state index in [0.29, 0.717) is 12.6 Å². The van der Waals surface area contributed by atoms with E-state index in [2.05, 4.69) is 10.0 Å². The molecule has 6 heteroatoms. The number of hydrogen-bond acceptors (Lipinski definition) is 3. The molecule has 1 fully saturated rings. The maximum atomic E-state index is 11.1. The van der Waals surface area contributed by atoms with Crippen molar-refractivity contribution in [2.24, 2.45) is 0 Å². The van der Waals surface area contributed by atoms with Gasteiger partial charge in [-0.15, -0.1) is 12.4 Å². The number of hydrogen-bond donors (Lipinski definition) is 2. The van der Waals surface area contributed by atoms with E-state index >= 15 is 0 Å². The van der Waals surface area contributed by atoms with Crippen LogP contribution in [0, 0.1) is 0 Å². The average molecular weight is 271 g/mol. The standard InChI is InChI=1S/C10H22N2O2S.ClH/c1-2-15(13,14)12-9-5-8-11-10-6-3-4-7-10;/h10-12H,2-9H2,1H3;1H. The lowest BCUT2D eigenvalue weighted by Gasteiger charge is -2.11. The minimum Gasteiger partial charge on any atom is -0.314 e. The van der Waals surface area contributed by atoms with Crippen molar-refractivity contribution in [3.63, 3.8) is 0 Å². The highest BCUT2D eigenvalue weighted by atomic mass is 35.5. The Morgan fingerprint density at radius 3 is 2.38 bits per heavy atom. The predicted octanol–water partition coefficient (Wildman–Crippen LogP) is 1.27. The van der Waals surface area contributed by atoms with Gasteiger partial charge in [-0.05, 0) is 32.7 Å². The van der Waals surface area contributed by atoms with E-state index < -0.39 is 10.0 Å². The number of rotatable bonds is 7. The second kappa shape index (κ2) is 8.28. The van der Waals surface area contributed by atoms with Gasteiger partial charge in [0.05, 0.1) is 5.75 Å². The summed E-state index contributed by atoms with van der Waals surface area (Å²) in [7, 11) is -3.00. The van der Waals surface area contributed by atoms with Gasteiger partial charge in [0.1, 0.15) is 0 Å². The first-order chi connectivity index (χ1) is 7.14. The zero-order chi connectivity index (χ0) is 11.1. The molecular formula is C10H23ClN2O2S. The van der Waals surface area contributed by atoms with E-state index in [1.807, 2.05) is 0 Å². The largest absolute Gasteiger partial charge is 0.314 e. The number of sulfonamides is 1. The molecule has 0 bridgehead atoms. The molecule has 4 nitrogen and oxygen atoms in total. The first kappa shape index (κ1) is 16.2. The fraction of sp³-hybridized carbons (Fsp3) is 1.00. The maximum Gasteiger partial charge on any atom is 0.211 e. The molecule has 0 saturated heterocycles. The topological polar surface area (TPSA) is 58.2 Å². The Morgan fingerprint density at radius 2 is 1.81 bits per heavy atom. The second-order valence-corrected chi connectivity index (χ2v) is 6.18. The van der Waals surface area contributed by atoms with Crippen molar-refractivity contribution in [1.29, 1.82) is 0 Å². The van der Waals surface area contributed by atoms with Crippen molar-refractivity contribution in [3.8, 4) is 0 Å². The fourth-order valence-corrected chi connectivity index (χ4v) is 2.51. The van der Waals surface area contributed by atoms with Gasteiger partial charge in [0.15, 0.2) is 0 Å². The van der Waals surface area contributed by atoms with Crippen LogP contribution in [0.2, 0.25) is 0 Å². The minimum absolute atomic E-state index is 0. The molecule has 0 atom stereocenters. The van der Waals surface area contributed by atoms with Gasteiger partial charge >= 0.3 is 0 Å². The van der Waals surface area contributed by atoms with E-state index in [-0.39, 0.29) is 18.2 Å². The SMILES string of the molecule is CCS(=O)(=O)NCCCNC1CCCC1.Cl. The molecule has 0 aromatic carbocycles. The zero-order valence-electron chi connectivity index (χ0n) is 9.87. The smallest absolute Gasteiger partial charge is 0.211 e. The summed E-state index contributed by atoms with van der Waals surface area (Å²) in [5, 5.41) is 3.45. The predicted molar refractivity (Wildman–Crippen MR) is 69.6 cm³/mol. The van der Waals surface area contributed by atoms with Gasteiger partial charge in [0, 0.05) is 12.6 Å². The normalized spacial score (nSPS) is 17.3. The van der Waals surface area contributed by atoms with Crippen LogP contribution in [-0.2, 0) is 10.0 Å². The summed E-state index contributed by atoms with van der Waals surface area (Å²) >= 11 is 0. The Bertz CT molecular complexity index is 264. The quantitative estimate of drug-likeness (QED) is 0.685. The molecule has 98 valence electrons. The summed E-state index contributed by atoms with van der Waals surface area (Å²) in [6, 6.07) is 0.674. The van der Waals surface area contributed by atoms with Crippen LogP contribution in [0.5, 0.6) is 0 Å². The highest BCUT2D eigenvalue weighted by Gasteiger charge is 2.13. The van der Waals surface area contributed by atoms with E-state index in [9.17, 15) is 8.42 Å². The van der Waals surface area contributed by atoms with Crippen molar-refractivity contribution in [2.75, 3.05) is 18.8 Å². The lowest BCUT2D eigenvalue weighted by molar-refractivity contribution is 0.512. The summed E-state index contributed by atoms with van der Waals surface area (Å²) < 4.78 is 24.7. The summed E-state index contributed by atoms with van der Waals surface area (Å²) in [4.78, 5) is 0. The molecule has 1 aliphatic carbocycles. The van der Waals surface area contributed by atoms with Crippen LogP contribution in [0.15, 0.2) is 0 Å². The Morgan fingerprint density at radius 1 is 1.19 bits per heavy atom. The highest BCUT2D eigenvalue weighted by molar-refractivity contribution is 7.89. The van der Waals surface area contributed by atoms with Crippen molar-refractivity contribution in [3.05, 3.63) is 0 Å². The van der Waals surface area contributed by atoms with Gasteiger partial charge < -0.3 is 5.32 Å². The van der Waals surface area contributed by atoms with Gasteiger partial charge in [-0.25, -0.2) is 13.1 Å². The molecule has 0 spiro atoms. The lowest BCUT2D eigenvalue weighted by atomic mass is 10.2. The summed E-state index contributed by atoms with van der Waals surface area (Å²) in [5.41, 5.74) is 0. The van der Waals surface area contributed by atoms with Gasteiger partial charge in [-0.3, -0.25) is 0 Å². The average Bonchev–Trinajstić information content (AvgIpc) is 2.70. The molecule has 2 N–H and O–H groups in total. The molecule has 0 aromatic rings. The Kier molecular flexibility index (Phi) is 8.36. The van der Waals surface area contributed by atoms with Gasteiger partial charge in [-0.1, -0.05) is 12.8 Å². The van der Waals surface area contributed by atoms with Crippen LogP contribution in [0.25, 0.3) is 0 Å². The van der Waals surface area contributed by atoms with Crippen LogP contribution < -0.4 is 10.0 Å². The molecular weight excluding hydrogens is 248 g/mol. The van der Waals surface area contributed by atoms with Crippen molar-refractivity contribution in [2.45, 2.75) is 45.1 Å². The molecule has 0 aliphatic heterocycles. The molecule has 0 unspecified atom stereocenters. The molecule has 16 heavy (non-hydrogen) atoms. The zero-order valence-corrected chi connectivity index (χ0v) is 11.5. The molecule has 0 amide bonds. The molecule has 1 aliphatic rings. The fourth-order valence-electron chi connectivity index (χ4n) is 1.85. The van der Waals surface area contributed by atoms with Crippen LogP contribution >= 0.6 is 12.4 Å². The van der Waals surface area contributed by atoms with Gasteiger partial charge in [0.25, 0.3) is 0 Å². The van der Waals surface area contributed by atoms with E-state index in [1.165, 1.54) is 25.7 Å². The molecule has 0 aromatic heterocycles. The van der Waals surface area contributed by atoms with Gasteiger partial charge in [0.2, 0.25) is 10.0 Å². The third-order valence-electron chi connectivity index (χ3n) is 2.84. The van der Waals surface area contributed by atoms with Crippen LogP contribution in [-0.4, -0.2) is 33.3 Å². The summed E-state index contributed by atoms with van der Waals surface area (Å²) in [6.07, 6.45) is 6.09. The first-order valence-electron chi connectivity index (χ1n) is 5.85.